The van der Waals surface area contributed by atoms with Crippen molar-refractivity contribution in [3.8, 4) is 11.5 Å². The van der Waals surface area contributed by atoms with E-state index < -0.39 is 0 Å². The van der Waals surface area contributed by atoms with Crippen LogP contribution in [0.1, 0.15) is 43.1 Å². The van der Waals surface area contributed by atoms with E-state index in [0.717, 1.165) is 16.9 Å². The predicted octanol–water partition coefficient (Wildman–Crippen LogP) is 3.39. The number of hydrogen-bond acceptors (Lipinski definition) is 3. The summed E-state index contributed by atoms with van der Waals surface area (Å²) >= 11 is 0. The van der Waals surface area contributed by atoms with Gasteiger partial charge in [0, 0.05) is 12.0 Å². The Morgan fingerprint density at radius 2 is 1.72 bits per heavy atom. The fourth-order valence-corrected chi connectivity index (χ4v) is 2.07. The smallest absolute Gasteiger partial charge is 0.163 e. The Labute approximate surface area is 108 Å². The van der Waals surface area contributed by atoms with Crippen LogP contribution in [0.4, 0.5) is 0 Å². The highest BCUT2D eigenvalue weighted by molar-refractivity contribution is 5.98. The number of aryl methyl sites for hydroxylation is 1. The van der Waals surface area contributed by atoms with Crippen LogP contribution in [0, 0.1) is 12.3 Å². The maximum Gasteiger partial charge on any atom is 0.163 e. The highest BCUT2D eigenvalue weighted by atomic mass is 16.6. The summed E-state index contributed by atoms with van der Waals surface area (Å²) in [6.45, 7) is 9.26. The summed E-state index contributed by atoms with van der Waals surface area (Å²) in [6.07, 6.45) is 0.535. The number of benzene rings is 1. The lowest BCUT2D eigenvalue weighted by atomic mass is 9.87. The second-order valence-electron chi connectivity index (χ2n) is 5.97. The van der Waals surface area contributed by atoms with Gasteiger partial charge in [-0.3, -0.25) is 4.79 Å². The van der Waals surface area contributed by atoms with Crippen molar-refractivity contribution in [3.63, 3.8) is 0 Å². The quantitative estimate of drug-likeness (QED) is 0.753. The topological polar surface area (TPSA) is 35.5 Å². The van der Waals surface area contributed by atoms with Gasteiger partial charge in [-0.05, 0) is 30.0 Å². The lowest BCUT2D eigenvalue weighted by molar-refractivity contribution is 0.0938. The monoisotopic (exact) mass is 248 g/mol. The lowest BCUT2D eigenvalue weighted by Gasteiger charge is -2.21. The molecule has 3 heteroatoms. The highest BCUT2D eigenvalue weighted by Crippen LogP contribution is 2.34. The molecule has 1 aliphatic rings. The van der Waals surface area contributed by atoms with Crippen molar-refractivity contribution in [1.82, 2.24) is 0 Å². The zero-order valence-electron chi connectivity index (χ0n) is 11.5. The summed E-state index contributed by atoms with van der Waals surface area (Å²) < 4.78 is 11.0. The summed E-state index contributed by atoms with van der Waals surface area (Å²) in [4.78, 5) is 12.3. The first-order valence-electron chi connectivity index (χ1n) is 6.30. The molecule has 0 bridgehead atoms. The van der Waals surface area contributed by atoms with Crippen LogP contribution in [0.2, 0.25) is 0 Å². The van der Waals surface area contributed by atoms with E-state index in [-0.39, 0.29) is 11.2 Å². The van der Waals surface area contributed by atoms with Crippen LogP contribution in [0.25, 0.3) is 0 Å². The van der Waals surface area contributed by atoms with Gasteiger partial charge in [0.2, 0.25) is 0 Å². The van der Waals surface area contributed by atoms with Crippen LogP contribution in [-0.4, -0.2) is 19.0 Å². The van der Waals surface area contributed by atoms with Gasteiger partial charge in [0.15, 0.2) is 17.3 Å². The van der Waals surface area contributed by atoms with Gasteiger partial charge >= 0.3 is 0 Å². The van der Waals surface area contributed by atoms with Crippen LogP contribution in [0.15, 0.2) is 12.1 Å². The van der Waals surface area contributed by atoms with Crippen LogP contribution in [0.5, 0.6) is 11.5 Å². The number of rotatable bonds is 2. The SMILES string of the molecule is Cc1cc2c(cc1C(=O)CC(C)(C)C)OCCO2. The van der Waals surface area contributed by atoms with Crippen LogP contribution >= 0.6 is 0 Å². The molecule has 1 aromatic rings. The number of carbonyl (C=O) groups excluding carboxylic acids is 1. The molecular formula is C15H20O3. The van der Waals surface area contributed by atoms with E-state index in [1.54, 1.807) is 0 Å². The Hall–Kier alpha value is -1.51. The molecule has 0 fully saturated rings. The standard InChI is InChI=1S/C15H20O3/c1-10-7-13-14(18-6-5-17-13)8-11(10)12(16)9-15(2,3)4/h7-8H,5-6,9H2,1-4H3. The Bertz CT molecular complexity index is 469. The molecule has 0 spiro atoms. The van der Waals surface area contributed by atoms with Gasteiger partial charge in [-0.25, -0.2) is 0 Å². The predicted molar refractivity (Wildman–Crippen MR) is 70.6 cm³/mol. The zero-order chi connectivity index (χ0) is 13.3. The number of ether oxygens (including phenoxy) is 2. The van der Waals surface area contributed by atoms with Gasteiger partial charge in [0.25, 0.3) is 0 Å². The first kappa shape index (κ1) is 12.9. The summed E-state index contributed by atoms with van der Waals surface area (Å²) in [5.74, 6) is 1.59. The molecule has 0 aliphatic carbocycles. The number of carbonyl (C=O) groups is 1. The molecule has 98 valence electrons. The van der Waals surface area contributed by atoms with E-state index in [9.17, 15) is 4.79 Å². The lowest BCUT2D eigenvalue weighted by Crippen LogP contribution is -2.18. The van der Waals surface area contributed by atoms with Gasteiger partial charge in [-0.1, -0.05) is 20.8 Å². The average Bonchev–Trinajstić information content (AvgIpc) is 2.25. The fourth-order valence-electron chi connectivity index (χ4n) is 2.07. The second kappa shape index (κ2) is 4.63. The van der Waals surface area contributed by atoms with Gasteiger partial charge < -0.3 is 9.47 Å². The van der Waals surface area contributed by atoms with Crippen LogP contribution < -0.4 is 9.47 Å². The highest BCUT2D eigenvalue weighted by Gasteiger charge is 2.21. The van der Waals surface area contributed by atoms with Gasteiger partial charge in [-0.2, -0.15) is 0 Å². The second-order valence-corrected chi connectivity index (χ2v) is 5.97. The maximum absolute atomic E-state index is 12.3. The van der Waals surface area contributed by atoms with E-state index in [4.69, 9.17) is 9.47 Å². The van der Waals surface area contributed by atoms with Crippen molar-refractivity contribution in [2.45, 2.75) is 34.1 Å². The third-order valence-corrected chi connectivity index (χ3v) is 2.88. The molecule has 0 radical (unpaired) electrons. The molecule has 0 aromatic heterocycles. The van der Waals surface area contributed by atoms with Crippen molar-refractivity contribution in [2.24, 2.45) is 5.41 Å². The largest absolute Gasteiger partial charge is 0.486 e. The van der Waals surface area contributed by atoms with E-state index >= 15 is 0 Å². The molecule has 2 rings (SSSR count). The summed E-state index contributed by atoms with van der Waals surface area (Å²) in [7, 11) is 0. The zero-order valence-corrected chi connectivity index (χ0v) is 11.5. The summed E-state index contributed by atoms with van der Waals surface area (Å²) in [6, 6.07) is 3.71. The fraction of sp³-hybridized carbons (Fsp3) is 0.533. The Morgan fingerprint density at radius 1 is 1.17 bits per heavy atom. The van der Waals surface area contributed by atoms with Crippen molar-refractivity contribution in [3.05, 3.63) is 23.3 Å². The minimum absolute atomic E-state index is 0.00319. The third-order valence-electron chi connectivity index (χ3n) is 2.88. The minimum Gasteiger partial charge on any atom is -0.486 e. The van der Waals surface area contributed by atoms with Gasteiger partial charge in [-0.15, -0.1) is 0 Å². The molecule has 0 unspecified atom stereocenters. The molecule has 1 heterocycles. The Kier molecular flexibility index (Phi) is 3.33. The third kappa shape index (κ3) is 2.84. The summed E-state index contributed by atoms with van der Waals surface area (Å²) in [5.41, 5.74) is 1.69. The van der Waals surface area contributed by atoms with E-state index in [2.05, 4.69) is 20.8 Å². The average molecular weight is 248 g/mol. The molecule has 1 aliphatic heterocycles. The molecule has 0 atom stereocenters. The Morgan fingerprint density at radius 3 is 2.28 bits per heavy atom. The Balaban J connectivity index is 2.31. The first-order chi connectivity index (χ1) is 8.37. The molecule has 3 nitrogen and oxygen atoms in total. The molecular weight excluding hydrogens is 228 g/mol. The van der Waals surface area contributed by atoms with Crippen LogP contribution in [-0.2, 0) is 0 Å². The molecule has 0 saturated heterocycles. The van der Waals surface area contributed by atoms with Gasteiger partial charge in [0.1, 0.15) is 13.2 Å². The summed E-state index contributed by atoms with van der Waals surface area (Å²) in [5, 5.41) is 0. The number of ketones is 1. The maximum atomic E-state index is 12.3. The number of Topliss-reactive ketones (excluding diaryl/α,β-unsaturated/α-hetero) is 1. The van der Waals surface area contributed by atoms with Crippen molar-refractivity contribution >= 4 is 5.78 Å². The van der Waals surface area contributed by atoms with Crippen molar-refractivity contribution in [1.29, 1.82) is 0 Å². The molecule has 0 amide bonds. The molecule has 18 heavy (non-hydrogen) atoms. The number of fused-ring (bicyclic) bond motifs is 1. The number of hydrogen-bond donors (Lipinski definition) is 0. The van der Waals surface area contributed by atoms with Crippen LogP contribution in [0.3, 0.4) is 0 Å². The molecule has 0 N–H and O–H groups in total. The normalized spacial score (nSPS) is 14.4. The van der Waals surface area contributed by atoms with Crippen molar-refractivity contribution in [2.75, 3.05) is 13.2 Å². The van der Waals surface area contributed by atoms with E-state index in [1.165, 1.54) is 0 Å². The minimum atomic E-state index is -0.00319. The van der Waals surface area contributed by atoms with E-state index in [1.807, 2.05) is 19.1 Å². The van der Waals surface area contributed by atoms with Crippen molar-refractivity contribution < 1.29 is 14.3 Å². The first-order valence-corrected chi connectivity index (χ1v) is 6.30. The van der Waals surface area contributed by atoms with Gasteiger partial charge in [0.05, 0.1) is 0 Å². The molecule has 1 aromatic carbocycles. The van der Waals surface area contributed by atoms with E-state index in [0.29, 0.717) is 25.4 Å². The molecule has 0 saturated carbocycles.